The number of fused-ring (bicyclic) bond motifs is 3. The lowest BCUT2D eigenvalue weighted by molar-refractivity contribution is -0.126. The van der Waals surface area contributed by atoms with Crippen molar-refractivity contribution >= 4 is 43.4 Å². The van der Waals surface area contributed by atoms with E-state index in [9.17, 15) is 9.18 Å². The van der Waals surface area contributed by atoms with E-state index in [1.54, 1.807) is 6.07 Å². The summed E-state index contributed by atoms with van der Waals surface area (Å²) >= 11 is 1.54. The lowest BCUT2D eigenvalue weighted by Crippen LogP contribution is -2.43. The largest absolute Gasteiger partial charge is 0.355 e. The Hall–Kier alpha value is -2.28. The Morgan fingerprint density at radius 3 is 2.71 bits per heavy atom. The van der Waals surface area contributed by atoms with Crippen LogP contribution in [0.15, 0.2) is 24.5 Å². The molecule has 2 aromatic heterocycles. The molecule has 3 aromatic rings. The van der Waals surface area contributed by atoms with Crippen molar-refractivity contribution in [2.45, 2.75) is 44.6 Å². The van der Waals surface area contributed by atoms with Crippen molar-refractivity contribution in [3.63, 3.8) is 0 Å². The van der Waals surface area contributed by atoms with Gasteiger partial charge >= 0.3 is 0 Å². The molecule has 0 unspecified atom stereocenters. The monoisotopic (exact) mass is 398 g/mol. The normalized spacial score (nSPS) is 19.0. The summed E-state index contributed by atoms with van der Waals surface area (Å²) < 4.78 is 16.1. The molecular weight excluding hydrogens is 375 g/mol. The highest BCUT2D eigenvalue weighted by molar-refractivity contribution is 7.26. The first-order valence-electron chi connectivity index (χ1n) is 10.1. The number of amides is 1. The van der Waals surface area contributed by atoms with Crippen molar-refractivity contribution in [2.75, 3.05) is 18.0 Å². The molecule has 2 aliphatic rings. The second-order valence-corrected chi connectivity index (χ2v) is 8.89. The molecule has 1 aliphatic carbocycles. The molecule has 7 heteroatoms. The Morgan fingerprint density at radius 2 is 1.93 bits per heavy atom. The van der Waals surface area contributed by atoms with Gasteiger partial charge in [-0.2, -0.15) is 0 Å². The quantitative estimate of drug-likeness (QED) is 0.716. The minimum atomic E-state index is -0.240. The van der Waals surface area contributed by atoms with Crippen molar-refractivity contribution in [1.82, 2.24) is 15.3 Å². The summed E-state index contributed by atoms with van der Waals surface area (Å²) in [6.07, 6.45) is 7.85. The van der Waals surface area contributed by atoms with Crippen LogP contribution in [0.4, 0.5) is 10.2 Å². The molecule has 0 atom stereocenters. The average Bonchev–Trinajstić information content (AvgIpc) is 3.35. The Bertz CT molecular complexity index is 1020. The second kappa shape index (κ2) is 7.28. The number of nitrogens with one attached hydrogen (secondary N) is 1. The van der Waals surface area contributed by atoms with Gasteiger partial charge in [0, 0.05) is 29.7 Å². The summed E-state index contributed by atoms with van der Waals surface area (Å²) in [5, 5.41) is 3.81. The van der Waals surface area contributed by atoms with Gasteiger partial charge in [-0.15, -0.1) is 11.3 Å². The summed E-state index contributed by atoms with van der Waals surface area (Å²) in [4.78, 5) is 23.7. The Labute approximate surface area is 167 Å². The molecule has 2 fully saturated rings. The minimum absolute atomic E-state index is 0.0778. The van der Waals surface area contributed by atoms with Crippen LogP contribution in [0.25, 0.3) is 20.3 Å². The Kier molecular flexibility index (Phi) is 4.62. The maximum Gasteiger partial charge on any atom is 0.223 e. The standard InChI is InChI=1S/C21H23FN4OS/c22-15-6-3-7-16-17(15)18-19(28-16)20(24-12-23-18)26-10-8-13(9-11-26)21(27)25-14-4-1-2-5-14/h3,6-7,12-14H,1-2,4-5,8-11H2,(H,25,27). The molecule has 1 aromatic carbocycles. The third kappa shape index (κ3) is 3.11. The first kappa shape index (κ1) is 17.8. The number of thiophene rings is 1. The lowest BCUT2D eigenvalue weighted by Gasteiger charge is -2.32. The zero-order valence-corrected chi connectivity index (χ0v) is 16.5. The van der Waals surface area contributed by atoms with Crippen LogP contribution in [0, 0.1) is 11.7 Å². The lowest BCUT2D eigenvalue weighted by atomic mass is 9.95. The molecule has 1 saturated carbocycles. The van der Waals surface area contributed by atoms with Crippen molar-refractivity contribution in [1.29, 1.82) is 0 Å². The van der Waals surface area contributed by atoms with Crippen molar-refractivity contribution < 1.29 is 9.18 Å². The van der Waals surface area contributed by atoms with Gasteiger partial charge in [0.25, 0.3) is 0 Å². The fraction of sp³-hybridized carbons (Fsp3) is 0.476. The number of halogens is 1. The summed E-state index contributed by atoms with van der Waals surface area (Å²) in [6.45, 7) is 1.57. The molecule has 0 spiro atoms. The number of carbonyl (C=O) groups is 1. The minimum Gasteiger partial charge on any atom is -0.355 e. The first-order valence-corrected chi connectivity index (χ1v) is 10.9. The Balaban J connectivity index is 1.35. The van der Waals surface area contributed by atoms with Gasteiger partial charge in [0.05, 0.1) is 15.6 Å². The second-order valence-electron chi connectivity index (χ2n) is 7.84. The van der Waals surface area contributed by atoms with Crippen molar-refractivity contribution in [3.05, 3.63) is 30.3 Å². The van der Waals surface area contributed by atoms with Crippen LogP contribution in [0.5, 0.6) is 0 Å². The highest BCUT2D eigenvalue weighted by atomic mass is 32.1. The molecular formula is C21H23FN4OS. The van der Waals surface area contributed by atoms with E-state index in [0.717, 1.165) is 54.0 Å². The van der Waals surface area contributed by atoms with Gasteiger partial charge in [0.2, 0.25) is 5.91 Å². The summed E-state index contributed by atoms with van der Waals surface area (Å²) in [5.74, 6) is 0.910. The van der Waals surface area contributed by atoms with E-state index in [1.807, 2.05) is 6.07 Å². The average molecular weight is 399 g/mol. The molecule has 1 N–H and O–H groups in total. The molecule has 5 nitrogen and oxygen atoms in total. The van der Waals surface area contributed by atoms with Crippen molar-refractivity contribution in [2.24, 2.45) is 5.92 Å². The maximum atomic E-state index is 14.3. The number of benzene rings is 1. The number of rotatable bonds is 3. The van der Waals surface area contributed by atoms with E-state index in [-0.39, 0.29) is 17.6 Å². The van der Waals surface area contributed by atoms with Crippen LogP contribution < -0.4 is 10.2 Å². The third-order valence-electron chi connectivity index (χ3n) is 6.08. The van der Waals surface area contributed by atoms with Crippen LogP contribution in [-0.2, 0) is 4.79 Å². The fourth-order valence-corrected chi connectivity index (χ4v) is 5.72. The first-order chi connectivity index (χ1) is 13.7. The third-order valence-corrected chi connectivity index (χ3v) is 7.22. The highest BCUT2D eigenvalue weighted by Gasteiger charge is 2.29. The van der Waals surface area contributed by atoms with Gasteiger partial charge in [0.15, 0.2) is 0 Å². The topological polar surface area (TPSA) is 58.1 Å². The van der Waals surface area contributed by atoms with Crippen LogP contribution >= 0.6 is 11.3 Å². The number of aromatic nitrogens is 2. The van der Waals surface area contributed by atoms with Gasteiger partial charge in [-0.1, -0.05) is 18.9 Å². The molecule has 3 heterocycles. The number of anilines is 1. The van der Waals surface area contributed by atoms with Gasteiger partial charge in [-0.3, -0.25) is 4.79 Å². The number of hydrogen-bond acceptors (Lipinski definition) is 5. The maximum absolute atomic E-state index is 14.3. The summed E-state index contributed by atoms with van der Waals surface area (Å²) in [6, 6.07) is 5.51. The molecule has 0 radical (unpaired) electrons. The van der Waals surface area contributed by atoms with E-state index < -0.39 is 0 Å². The van der Waals surface area contributed by atoms with Gasteiger partial charge in [0.1, 0.15) is 18.0 Å². The zero-order valence-electron chi connectivity index (χ0n) is 15.7. The predicted octanol–water partition coefficient (Wildman–Crippen LogP) is 4.26. The van der Waals surface area contributed by atoms with E-state index in [1.165, 1.54) is 36.6 Å². The number of carbonyl (C=O) groups excluding carboxylic acids is 1. The number of hydrogen-bond donors (Lipinski definition) is 1. The van der Waals surface area contributed by atoms with E-state index in [2.05, 4.69) is 20.2 Å². The molecule has 146 valence electrons. The molecule has 1 saturated heterocycles. The zero-order chi connectivity index (χ0) is 19.1. The Morgan fingerprint density at radius 1 is 1.14 bits per heavy atom. The molecule has 28 heavy (non-hydrogen) atoms. The van der Waals surface area contributed by atoms with Gasteiger partial charge in [-0.25, -0.2) is 14.4 Å². The van der Waals surface area contributed by atoms with Crippen molar-refractivity contribution in [3.8, 4) is 0 Å². The van der Waals surface area contributed by atoms with Gasteiger partial charge in [-0.05, 0) is 37.8 Å². The predicted molar refractivity (Wildman–Crippen MR) is 110 cm³/mol. The van der Waals surface area contributed by atoms with Crippen LogP contribution in [-0.4, -0.2) is 35.0 Å². The van der Waals surface area contributed by atoms with Gasteiger partial charge < -0.3 is 10.2 Å². The van der Waals surface area contributed by atoms with Crippen LogP contribution in [0.2, 0.25) is 0 Å². The number of nitrogens with zero attached hydrogens (tertiary/aromatic N) is 3. The van der Waals surface area contributed by atoms with E-state index in [0.29, 0.717) is 16.9 Å². The molecule has 1 aliphatic heterocycles. The molecule has 1 amide bonds. The van der Waals surface area contributed by atoms with Crippen LogP contribution in [0.3, 0.4) is 0 Å². The molecule has 0 bridgehead atoms. The highest BCUT2D eigenvalue weighted by Crippen LogP contribution is 2.39. The molecule has 5 rings (SSSR count). The van der Waals surface area contributed by atoms with Crippen LogP contribution in [0.1, 0.15) is 38.5 Å². The summed E-state index contributed by atoms with van der Waals surface area (Å²) in [5.41, 5.74) is 0.684. The van der Waals surface area contributed by atoms with E-state index in [4.69, 9.17) is 0 Å². The van der Waals surface area contributed by atoms with E-state index >= 15 is 0 Å². The number of piperidine rings is 1. The fourth-order valence-electron chi connectivity index (χ4n) is 4.53. The summed E-state index contributed by atoms with van der Waals surface area (Å²) in [7, 11) is 0. The smallest absolute Gasteiger partial charge is 0.223 e. The SMILES string of the molecule is O=C(NC1CCCC1)C1CCN(c2ncnc3c2sc2cccc(F)c23)CC1.